The zero-order valence-electron chi connectivity index (χ0n) is 11.1. The summed E-state index contributed by atoms with van der Waals surface area (Å²) >= 11 is 0. The highest BCUT2D eigenvalue weighted by molar-refractivity contribution is 6.01. The zero-order chi connectivity index (χ0) is 14.3. The van der Waals surface area contributed by atoms with Crippen LogP contribution in [0.15, 0.2) is 28.7 Å². The molecule has 0 spiro atoms. The van der Waals surface area contributed by atoms with Gasteiger partial charge in [0.1, 0.15) is 11.1 Å². The Bertz CT molecular complexity index is 697. The van der Waals surface area contributed by atoms with Crippen LogP contribution in [0, 0.1) is 6.92 Å². The molecule has 1 aliphatic carbocycles. The highest BCUT2D eigenvalue weighted by Gasteiger charge is 2.46. The fraction of sp³-hybridized carbons (Fsp3) is 0.333. The lowest BCUT2D eigenvalue weighted by Crippen LogP contribution is -2.59. The highest BCUT2D eigenvalue weighted by Crippen LogP contribution is 2.33. The van der Waals surface area contributed by atoms with Crippen molar-refractivity contribution in [2.24, 2.45) is 0 Å². The van der Waals surface area contributed by atoms with E-state index in [-0.39, 0.29) is 5.76 Å². The number of nitrogens with one attached hydrogen (secondary N) is 1. The first-order valence-electron chi connectivity index (χ1n) is 6.57. The number of carboxylic acids is 1. The fourth-order valence-electron chi connectivity index (χ4n) is 2.59. The molecule has 5 nitrogen and oxygen atoms in total. The molecule has 20 heavy (non-hydrogen) atoms. The topological polar surface area (TPSA) is 79.5 Å². The van der Waals surface area contributed by atoms with Crippen LogP contribution in [0.5, 0.6) is 0 Å². The fourth-order valence-corrected chi connectivity index (χ4v) is 2.59. The molecule has 1 aliphatic rings. The van der Waals surface area contributed by atoms with Gasteiger partial charge < -0.3 is 14.8 Å². The molecule has 1 aromatic carbocycles. The van der Waals surface area contributed by atoms with Gasteiger partial charge in [0.2, 0.25) is 0 Å². The molecule has 0 saturated heterocycles. The quantitative estimate of drug-likeness (QED) is 0.900. The van der Waals surface area contributed by atoms with Gasteiger partial charge in [0.05, 0.1) is 0 Å². The monoisotopic (exact) mass is 273 g/mol. The molecule has 2 N–H and O–H groups in total. The lowest BCUT2D eigenvalue weighted by atomic mass is 9.76. The summed E-state index contributed by atoms with van der Waals surface area (Å²) in [7, 11) is 0. The van der Waals surface area contributed by atoms with Gasteiger partial charge in [-0.1, -0.05) is 18.2 Å². The van der Waals surface area contributed by atoms with E-state index in [1.54, 1.807) is 13.0 Å². The number of carboxylic acid groups (broad SMARTS) is 1. The van der Waals surface area contributed by atoms with Crippen molar-refractivity contribution in [3.05, 3.63) is 35.6 Å². The third-order valence-corrected chi connectivity index (χ3v) is 4.02. The van der Waals surface area contributed by atoms with Crippen LogP contribution < -0.4 is 5.32 Å². The Kier molecular flexibility index (Phi) is 2.78. The molecule has 0 bridgehead atoms. The maximum atomic E-state index is 12.3. The molecule has 0 atom stereocenters. The molecule has 5 heteroatoms. The summed E-state index contributed by atoms with van der Waals surface area (Å²) in [4.78, 5) is 23.6. The maximum Gasteiger partial charge on any atom is 0.329 e. The zero-order valence-corrected chi connectivity index (χ0v) is 11.1. The number of aryl methyl sites for hydroxylation is 1. The summed E-state index contributed by atoms with van der Waals surface area (Å²) in [6.07, 6.45) is 1.74. The van der Waals surface area contributed by atoms with Gasteiger partial charge in [0, 0.05) is 10.9 Å². The van der Waals surface area contributed by atoms with Crippen molar-refractivity contribution < 1.29 is 19.1 Å². The van der Waals surface area contributed by atoms with Crippen molar-refractivity contribution in [3.63, 3.8) is 0 Å². The molecule has 1 saturated carbocycles. The van der Waals surface area contributed by atoms with E-state index in [1.165, 1.54) is 0 Å². The number of benzene rings is 1. The van der Waals surface area contributed by atoms with E-state index in [0.717, 1.165) is 17.4 Å². The van der Waals surface area contributed by atoms with Gasteiger partial charge in [0.15, 0.2) is 5.76 Å². The molecule has 1 heterocycles. The van der Waals surface area contributed by atoms with Gasteiger partial charge >= 0.3 is 5.97 Å². The van der Waals surface area contributed by atoms with Gasteiger partial charge in [-0.3, -0.25) is 4.79 Å². The molecular weight excluding hydrogens is 258 g/mol. The largest absolute Gasteiger partial charge is 0.480 e. The van der Waals surface area contributed by atoms with Crippen molar-refractivity contribution in [2.45, 2.75) is 31.7 Å². The van der Waals surface area contributed by atoms with Crippen LogP contribution in [0.4, 0.5) is 0 Å². The number of fused-ring (bicyclic) bond motifs is 1. The second-order valence-corrected chi connectivity index (χ2v) is 5.25. The molecule has 0 aliphatic heterocycles. The Morgan fingerprint density at radius 2 is 2.00 bits per heavy atom. The second-order valence-electron chi connectivity index (χ2n) is 5.25. The van der Waals surface area contributed by atoms with E-state index in [4.69, 9.17) is 4.42 Å². The van der Waals surface area contributed by atoms with Crippen LogP contribution in [0.25, 0.3) is 11.0 Å². The van der Waals surface area contributed by atoms with E-state index in [9.17, 15) is 14.7 Å². The molecule has 3 rings (SSSR count). The molecule has 1 fully saturated rings. The van der Waals surface area contributed by atoms with Crippen LogP contribution in [0.2, 0.25) is 0 Å². The number of carbonyl (C=O) groups is 2. The van der Waals surface area contributed by atoms with Gasteiger partial charge in [-0.15, -0.1) is 0 Å². The highest BCUT2D eigenvalue weighted by atomic mass is 16.4. The number of hydrogen-bond donors (Lipinski definition) is 2. The Morgan fingerprint density at radius 1 is 1.30 bits per heavy atom. The summed E-state index contributed by atoms with van der Waals surface area (Å²) in [5.74, 6) is -1.25. The minimum Gasteiger partial charge on any atom is -0.480 e. The van der Waals surface area contributed by atoms with Gasteiger partial charge in [0.25, 0.3) is 5.91 Å². The van der Waals surface area contributed by atoms with Crippen molar-refractivity contribution in [2.75, 3.05) is 0 Å². The summed E-state index contributed by atoms with van der Waals surface area (Å²) in [6, 6.07) is 7.37. The van der Waals surface area contributed by atoms with E-state index in [2.05, 4.69) is 5.32 Å². The minimum atomic E-state index is -1.12. The number of furan rings is 1. The standard InChI is InChI=1S/C15H15NO4/c1-9-10-5-2-3-6-11(10)20-12(9)13(17)16-15(14(18)19)7-4-8-15/h2-3,5-6H,4,7-8H2,1H3,(H,16,17)(H,18,19). The number of carbonyl (C=O) groups excluding carboxylic acids is 1. The molecule has 2 aromatic rings. The predicted octanol–water partition coefficient (Wildman–Crippen LogP) is 2.48. The summed E-state index contributed by atoms with van der Waals surface area (Å²) in [5, 5.41) is 12.7. The van der Waals surface area contributed by atoms with Gasteiger partial charge in [-0.25, -0.2) is 4.79 Å². The normalized spacial score (nSPS) is 16.6. The summed E-state index contributed by atoms with van der Waals surface area (Å²) in [5.41, 5.74) is 0.244. The van der Waals surface area contributed by atoms with Crippen molar-refractivity contribution in [3.8, 4) is 0 Å². The van der Waals surface area contributed by atoms with Crippen molar-refractivity contribution in [1.82, 2.24) is 5.32 Å². The first-order valence-corrected chi connectivity index (χ1v) is 6.57. The van der Waals surface area contributed by atoms with E-state index in [0.29, 0.717) is 18.4 Å². The minimum absolute atomic E-state index is 0.193. The van der Waals surface area contributed by atoms with E-state index >= 15 is 0 Å². The van der Waals surface area contributed by atoms with Crippen LogP contribution in [-0.2, 0) is 4.79 Å². The number of para-hydroxylation sites is 1. The molecule has 1 amide bonds. The van der Waals surface area contributed by atoms with Crippen molar-refractivity contribution in [1.29, 1.82) is 0 Å². The average Bonchev–Trinajstić information content (AvgIpc) is 2.71. The number of rotatable bonds is 3. The summed E-state index contributed by atoms with van der Waals surface area (Å²) < 4.78 is 5.55. The lowest BCUT2D eigenvalue weighted by Gasteiger charge is -2.37. The van der Waals surface area contributed by atoms with Crippen LogP contribution in [0.1, 0.15) is 35.4 Å². The van der Waals surface area contributed by atoms with Gasteiger partial charge in [-0.2, -0.15) is 0 Å². The predicted molar refractivity (Wildman–Crippen MR) is 72.6 cm³/mol. The van der Waals surface area contributed by atoms with Crippen molar-refractivity contribution >= 4 is 22.8 Å². The molecule has 104 valence electrons. The Labute approximate surface area is 115 Å². The Balaban J connectivity index is 1.93. The Hall–Kier alpha value is -2.30. The third kappa shape index (κ3) is 1.78. The summed E-state index contributed by atoms with van der Waals surface area (Å²) in [6.45, 7) is 1.80. The first-order chi connectivity index (χ1) is 9.53. The smallest absolute Gasteiger partial charge is 0.329 e. The maximum absolute atomic E-state index is 12.3. The SMILES string of the molecule is Cc1c(C(=O)NC2(C(=O)O)CCC2)oc2ccccc12. The first kappa shape index (κ1) is 12.7. The van der Waals surface area contributed by atoms with Crippen LogP contribution >= 0.6 is 0 Å². The molecule has 0 radical (unpaired) electrons. The second kappa shape index (κ2) is 4.37. The third-order valence-electron chi connectivity index (χ3n) is 4.02. The number of amides is 1. The van der Waals surface area contributed by atoms with Crippen LogP contribution in [-0.4, -0.2) is 22.5 Å². The van der Waals surface area contributed by atoms with Gasteiger partial charge in [-0.05, 0) is 32.3 Å². The van der Waals surface area contributed by atoms with E-state index < -0.39 is 17.4 Å². The number of hydrogen-bond acceptors (Lipinski definition) is 3. The van der Waals surface area contributed by atoms with E-state index in [1.807, 2.05) is 18.2 Å². The Morgan fingerprint density at radius 3 is 2.55 bits per heavy atom. The molecule has 1 aromatic heterocycles. The van der Waals surface area contributed by atoms with Crippen LogP contribution in [0.3, 0.4) is 0 Å². The molecule has 0 unspecified atom stereocenters. The molecular formula is C15H15NO4. The number of aliphatic carboxylic acids is 1. The lowest BCUT2D eigenvalue weighted by molar-refractivity contribution is -0.148. The average molecular weight is 273 g/mol.